The van der Waals surface area contributed by atoms with Gasteiger partial charge in [-0.15, -0.1) is 10.2 Å². The molecule has 3 aromatic rings. The average Bonchev–Trinajstić information content (AvgIpc) is 3.23. The van der Waals surface area contributed by atoms with E-state index < -0.39 is 16.1 Å². The van der Waals surface area contributed by atoms with Crippen LogP contribution in [0.5, 0.6) is 5.75 Å². The molecule has 2 aromatic carbocycles. The summed E-state index contributed by atoms with van der Waals surface area (Å²) in [5, 5.41) is 10.3. The first-order valence-electron chi connectivity index (χ1n) is 9.64. The second-order valence-electron chi connectivity index (χ2n) is 7.27. The maximum Gasteiger partial charge on any atom is 0.270 e. The fraction of sp³-hybridized carbons (Fsp3) is 0.286. The number of aromatic nitrogens is 2. The van der Waals surface area contributed by atoms with Crippen LogP contribution < -0.4 is 14.8 Å². The molecule has 3 rings (SSSR count). The van der Waals surface area contributed by atoms with E-state index in [-0.39, 0.29) is 21.3 Å². The molecule has 0 aliphatic carbocycles. The highest BCUT2D eigenvalue weighted by Gasteiger charge is 2.26. The first-order valence-corrected chi connectivity index (χ1v) is 11.9. The molecule has 1 heterocycles. The zero-order chi connectivity index (χ0) is 22.4. The lowest BCUT2D eigenvalue weighted by Crippen LogP contribution is -2.29. The third-order valence-corrected chi connectivity index (χ3v) is 7.09. The monoisotopic (exact) mass is 460 g/mol. The number of hydrogen-bond acceptors (Lipinski definition) is 7. The SMILES string of the molecule is COc1ccc([C@@H](CC(C)C)NS(=O)(=O)c2nnc(NC(=O)c3ccccc3)s2)cc1. The van der Waals surface area contributed by atoms with E-state index in [1.165, 1.54) is 0 Å². The number of carbonyl (C=O) groups excluding carboxylic acids is 1. The van der Waals surface area contributed by atoms with Gasteiger partial charge in [0.2, 0.25) is 9.47 Å². The van der Waals surface area contributed by atoms with Gasteiger partial charge in [-0.1, -0.05) is 55.5 Å². The Labute approximate surface area is 185 Å². The van der Waals surface area contributed by atoms with Crippen molar-refractivity contribution in [2.75, 3.05) is 12.4 Å². The number of nitrogens with zero attached hydrogens (tertiary/aromatic N) is 2. The van der Waals surface area contributed by atoms with E-state index in [4.69, 9.17) is 4.74 Å². The van der Waals surface area contributed by atoms with Gasteiger partial charge >= 0.3 is 0 Å². The van der Waals surface area contributed by atoms with E-state index >= 15 is 0 Å². The Balaban J connectivity index is 1.77. The first-order chi connectivity index (χ1) is 14.8. The predicted molar refractivity (Wildman–Crippen MR) is 120 cm³/mol. The molecule has 31 heavy (non-hydrogen) atoms. The van der Waals surface area contributed by atoms with Crippen LogP contribution >= 0.6 is 11.3 Å². The Bertz CT molecular complexity index is 1110. The smallest absolute Gasteiger partial charge is 0.270 e. The minimum absolute atomic E-state index is 0.110. The van der Waals surface area contributed by atoms with Gasteiger partial charge in [-0.05, 0) is 42.2 Å². The number of methoxy groups -OCH3 is 1. The van der Waals surface area contributed by atoms with Crippen molar-refractivity contribution in [2.24, 2.45) is 5.92 Å². The number of rotatable bonds is 9. The number of hydrogen-bond donors (Lipinski definition) is 2. The summed E-state index contributed by atoms with van der Waals surface area (Å²) in [5.41, 5.74) is 1.26. The minimum Gasteiger partial charge on any atom is -0.497 e. The molecule has 8 nitrogen and oxygen atoms in total. The van der Waals surface area contributed by atoms with E-state index in [0.717, 1.165) is 16.9 Å². The van der Waals surface area contributed by atoms with Crippen LogP contribution in [0.25, 0.3) is 0 Å². The van der Waals surface area contributed by atoms with Crippen molar-refractivity contribution in [3.63, 3.8) is 0 Å². The highest BCUT2D eigenvalue weighted by molar-refractivity contribution is 7.91. The molecular weight excluding hydrogens is 436 g/mol. The minimum atomic E-state index is -3.94. The number of anilines is 1. The second-order valence-corrected chi connectivity index (χ2v) is 10.1. The lowest BCUT2D eigenvalue weighted by atomic mass is 9.98. The van der Waals surface area contributed by atoms with Crippen LogP contribution in [-0.2, 0) is 10.0 Å². The molecule has 0 aliphatic heterocycles. The summed E-state index contributed by atoms with van der Waals surface area (Å²) < 4.78 is 33.6. The average molecular weight is 461 g/mol. The van der Waals surface area contributed by atoms with Crippen molar-refractivity contribution in [3.8, 4) is 5.75 Å². The molecular formula is C21H24N4O4S2. The van der Waals surface area contributed by atoms with Gasteiger partial charge in [0.05, 0.1) is 7.11 Å². The summed E-state index contributed by atoms with van der Waals surface area (Å²) in [5.74, 6) is 0.562. The molecule has 2 N–H and O–H groups in total. The number of ether oxygens (including phenoxy) is 1. The first kappa shape index (κ1) is 22.9. The van der Waals surface area contributed by atoms with Gasteiger partial charge in [0.1, 0.15) is 5.75 Å². The maximum absolute atomic E-state index is 12.9. The summed E-state index contributed by atoms with van der Waals surface area (Å²) in [7, 11) is -2.36. The second kappa shape index (κ2) is 9.99. The molecule has 164 valence electrons. The summed E-state index contributed by atoms with van der Waals surface area (Å²) >= 11 is 0.800. The van der Waals surface area contributed by atoms with Crippen LogP contribution in [0.2, 0.25) is 0 Å². The van der Waals surface area contributed by atoms with E-state index in [1.807, 2.05) is 26.0 Å². The molecule has 1 amide bonds. The maximum atomic E-state index is 12.9. The van der Waals surface area contributed by atoms with Crippen LogP contribution in [0.3, 0.4) is 0 Å². The van der Waals surface area contributed by atoms with Crippen LogP contribution in [0.4, 0.5) is 5.13 Å². The summed E-state index contributed by atoms with van der Waals surface area (Å²) in [6, 6.07) is 15.4. The Hall–Kier alpha value is -2.82. The highest BCUT2D eigenvalue weighted by Crippen LogP contribution is 2.27. The van der Waals surface area contributed by atoms with Crippen LogP contribution in [0, 0.1) is 5.92 Å². The molecule has 0 aliphatic rings. The van der Waals surface area contributed by atoms with Crippen LogP contribution in [-0.4, -0.2) is 31.6 Å². The summed E-state index contributed by atoms with van der Waals surface area (Å²) in [6.07, 6.45) is 0.599. The molecule has 0 unspecified atom stereocenters. The number of benzene rings is 2. The van der Waals surface area contributed by atoms with Crippen molar-refractivity contribution < 1.29 is 17.9 Å². The quantitative estimate of drug-likeness (QED) is 0.469. The molecule has 1 atom stereocenters. The third-order valence-electron chi connectivity index (χ3n) is 4.42. The molecule has 0 radical (unpaired) electrons. The van der Waals surface area contributed by atoms with Gasteiger partial charge in [0.25, 0.3) is 15.9 Å². The van der Waals surface area contributed by atoms with Crippen molar-refractivity contribution in [1.82, 2.24) is 14.9 Å². The summed E-state index contributed by atoms with van der Waals surface area (Å²) in [6.45, 7) is 4.04. The fourth-order valence-electron chi connectivity index (χ4n) is 2.93. The molecule has 0 fully saturated rings. The lowest BCUT2D eigenvalue weighted by Gasteiger charge is -2.20. The zero-order valence-electron chi connectivity index (χ0n) is 17.4. The molecule has 1 aromatic heterocycles. The lowest BCUT2D eigenvalue weighted by molar-refractivity contribution is 0.102. The van der Waals surface area contributed by atoms with Crippen molar-refractivity contribution in [3.05, 3.63) is 65.7 Å². The Kier molecular flexibility index (Phi) is 7.37. The van der Waals surface area contributed by atoms with E-state index in [2.05, 4.69) is 20.2 Å². The Morgan fingerprint density at radius 3 is 2.35 bits per heavy atom. The molecule has 0 spiro atoms. The zero-order valence-corrected chi connectivity index (χ0v) is 19.0. The Morgan fingerprint density at radius 2 is 1.74 bits per heavy atom. The summed E-state index contributed by atoms with van der Waals surface area (Å²) in [4.78, 5) is 12.3. The van der Waals surface area contributed by atoms with Gasteiger partial charge in [-0.2, -0.15) is 0 Å². The number of carbonyl (C=O) groups is 1. The van der Waals surface area contributed by atoms with Gasteiger partial charge in [-0.25, -0.2) is 13.1 Å². The van der Waals surface area contributed by atoms with Crippen LogP contribution in [0.15, 0.2) is 58.9 Å². The molecule has 0 saturated heterocycles. The largest absolute Gasteiger partial charge is 0.497 e. The number of amides is 1. The van der Waals surface area contributed by atoms with Crippen molar-refractivity contribution in [2.45, 2.75) is 30.6 Å². The van der Waals surface area contributed by atoms with Crippen LogP contribution in [0.1, 0.15) is 42.2 Å². The topological polar surface area (TPSA) is 110 Å². The Morgan fingerprint density at radius 1 is 1.06 bits per heavy atom. The molecule has 0 saturated carbocycles. The highest BCUT2D eigenvalue weighted by atomic mass is 32.2. The van der Waals surface area contributed by atoms with Gasteiger partial charge in [0.15, 0.2) is 0 Å². The van der Waals surface area contributed by atoms with Crippen molar-refractivity contribution >= 4 is 32.4 Å². The van der Waals surface area contributed by atoms with E-state index in [9.17, 15) is 13.2 Å². The fourth-order valence-corrected chi connectivity index (χ4v) is 5.07. The number of sulfonamides is 1. The van der Waals surface area contributed by atoms with Gasteiger partial charge < -0.3 is 4.74 Å². The van der Waals surface area contributed by atoms with Crippen molar-refractivity contribution in [1.29, 1.82) is 0 Å². The van der Waals surface area contributed by atoms with E-state index in [0.29, 0.717) is 17.7 Å². The molecule has 10 heteroatoms. The van der Waals surface area contributed by atoms with E-state index in [1.54, 1.807) is 49.6 Å². The van der Waals surface area contributed by atoms with Gasteiger partial charge in [0, 0.05) is 11.6 Å². The number of nitrogens with one attached hydrogen (secondary N) is 2. The van der Waals surface area contributed by atoms with Gasteiger partial charge in [-0.3, -0.25) is 10.1 Å². The molecule has 0 bridgehead atoms. The standard InChI is InChI=1S/C21H24N4O4S2/c1-14(2)13-18(15-9-11-17(29-3)12-10-15)25-31(27,28)21-24-23-20(30-21)22-19(26)16-7-5-4-6-8-16/h4-12,14,18,25H,13H2,1-3H3,(H,22,23,26)/t18-/m1/s1. The normalized spacial score (nSPS) is 12.5. The predicted octanol–water partition coefficient (Wildman–Crippen LogP) is 3.86. The third kappa shape index (κ3) is 6.09.